The van der Waals surface area contributed by atoms with Crippen LogP contribution in [0.3, 0.4) is 0 Å². The van der Waals surface area contributed by atoms with E-state index in [1.54, 1.807) is 18.3 Å². The average Bonchev–Trinajstić information content (AvgIpc) is 2.60. The molecule has 4 heteroatoms. The molecule has 0 spiro atoms. The summed E-state index contributed by atoms with van der Waals surface area (Å²) in [6, 6.07) is 8.12. The van der Waals surface area contributed by atoms with Gasteiger partial charge in [-0.25, -0.2) is 4.98 Å². The van der Waals surface area contributed by atoms with Crippen molar-refractivity contribution >= 4 is 17.7 Å². The molecule has 1 aromatic heterocycles. The number of nitrogens with zero attached hydrogens (tertiary/aromatic N) is 1. The number of thioether (sulfide) groups is 1. The number of carboxylic acids is 1. The van der Waals surface area contributed by atoms with E-state index in [9.17, 15) is 4.79 Å². The number of benzene rings is 1. The fourth-order valence-corrected chi connectivity index (χ4v) is 4.69. The van der Waals surface area contributed by atoms with Crippen LogP contribution in [0.15, 0.2) is 35.4 Å². The third kappa shape index (κ3) is 4.11. The van der Waals surface area contributed by atoms with Crippen LogP contribution in [0.1, 0.15) is 55.1 Å². The predicted molar refractivity (Wildman–Crippen MR) is 106 cm³/mol. The third-order valence-electron chi connectivity index (χ3n) is 4.81. The maximum atomic E-state index is 10.7. The van der Waals surface area contributed by atoms with Crippen LogP contribution < -0.4 is 0 Å². The molecular formula is C22H23NO2S. The minimum absolute atomic E-state index is 0.0156. The first-order valence-corrected chi connectivity index (χ1v) is 9.86. The lowest BCUT2D eigenvalue weighted by molar-refractivity contribution is -0.136. The first-order valence-electron chi connectivity index (χ1n) is 8.88. The summed E-state index contributed by atoms with van der Waals surface area (Å²) in [6.07, 6.45) is 3.70. The highest BCUT2D eigenvalue weighted by Gasteiger charge is 2.28. The average molecular weight is 365 g/mol. The Morgan fingerprint density at radius 1 is 1.31 bits per heavy atom. The lowest BCUT2D eigenvalue weighted by Crippen LogP contribution is -2.23. The zero-order valence-electron chi connectivity index (χ0n) is 15.4. The molecule has 134 valence electrons. The summed E-state index contributed by atoms with van der Waals surface area (Å²) in [4.78, 5) is 16.4. The van der Waals surface area contributed by atoms with Crippen LogP contribution in [0.4, 0.5) is 0 Å². The molecule has 0 aliphatic carbocycles. The van der Waals surface area contributed by atoms with Gasteiger partial charge in [0.15, 0.2) is 0 Å². The molecule has 0 radical (unpaired) electrons. The summed E-state index contributed by atoms with van der Waals surface area (Å²) >= 11 is 1.94. The zero-order valence-corrected chi connectivity index (χ0v) is 16.2. The van der Waals surface area contributed by atoms with E-state index in [2.05, 4.69) is 49.7 Å². The number of fused-ring (bicyclic) bond motifs is 1. The van der Waals surface area contributed by atoms with E-state index < -0.39 is 5.97 Å². The van der Waals surface area contributed by atoms with Gasteiger partial charge in [-0.3, -0.25) is 4.79 Å². The van der Waals surface area contributed by atoms with Gasteiger partial charge in [0.2, 0.25) is 0 Å². The first-order chi connectivity index (χ1) is 12.4. The van der Waals surface area contributed by atoms with Gasteiger partial charge in [0.1, 0.15) is 5.69 Å². The number of aromatic nitrogens is 1. The van der Waals surface area contributed by atoms with Crippen molar-refractivity contribution in [1.82, 2.24) is 4.98 Å². The van der Waals surface area contributed by atoms with E-state index in [1.165, 1.54) is 28.2 Å². The molecule has 0 saturated heterocycles. The highest BCUT2D eigenvalue weighted by molar-refractivity contribution is 7.99. The van der Waals surface area contributed by atoms with Gasteiger partial charge in [-0.05, 0) is 64.8 Å². The van der Waals surface area contributed by atoms with Crippen LogP contribution in [0.2, 0.25) is 0 Å². The largest absolute Gasteiger partial charge is 0.481 e. The molecule has 1 aliphatic rings. The maximum absolute atomic E-state index is 10.7. The highest BCUT2D eigenvalue weighted by Crippen LogP contribution is 2.42. The molecule has 1 aliphatic heterocycles. The minimum Gasteiger partial charge on any atom is -0.481 e. The molecule has 0 unspecified atom stereocenters. The van der Waals surface area contributed by atoms with E-state index in [4.69, 9.17) is 5.11 Å². The second kappa shape index (κ2) is 7.55. The maximum Gasteiger partial charge on any atom is 0.307 e. The Morgan fingerprint density at radius 3 is 2.77 bits per heavy atom. The first kappa shape index (κ1) is 18.5. The fourth-order valence-electron chi connectivity index (χ4n) is 3.14. The number of aryl methyl sites for hydroxylation is 1. The molecule has 3 rings (SSSR count). The van der Waals surface area contributed by atoms with Crippen LogP contribution in [0, 0.1) is 11.8 Å². The normalized spacial score (nSPS) is 14.9. The number of hydrogen-bond donors (Lipinski definition) is 1. The summed E-state index contributed by atoms with van der Waals surface area (Å²) in [5.41, 5.74) is 5.25. The van der Waals surface area contributed by atoms with Crippen molar-refractivity contribution in [3.63, 3.8) is 0 Å². The van der Waals surface area contributed by atoms with Crippen molar-refractivity contribution in [2.24, 2.45) is 0 Å². The van der Waals surface area contributed by atoms with E-state index in [1.807, 2.05) is 11.8 Å². The van der Waals surface area contributed by atoms with Gasteiger partial charge in [0.25, 0.3) is 0 Å². The Bertz CT molecular complexity index is 889. The Kier molecular flexibility index (Phi) is 5.38. The molecule has 0 fully saturated rings. The minimum atomic E-state index is -0.854. The molecule has 3 nitrogen and oxygen atoms in total. The van der Waals surface area contributed by atoms with Gasteiger partial charge >= 0.3 is 5.97 Å². The van der Waals surface area contributed by atoms with E-state index >= 15 is 0 Å². The van der Waals surface area contributed by atoms with Crippen LogP contribution in [0.5, 0.6) is 0 Å². The van der Waals surface area contributed by atoms with Gasteiger partial charge in [-0.2, -0.15) is 0 Å². The summed E-state index contributed by atoms with van der Waals surface area (Å²) < 4.78 is 0. The van der Waals surface area contributed by atoms with Crippen LogP contribution in [0.25, 0.3) is 0 Å². The number of pyridine rings is 1. The van der Waals surface area contributed by atoms with E-state index in [0.29, 0.717) is 11.3 Å². The zero-order chi connectivity index (χ0) is 18.7. The standard InChI is InChI=1S/C22H23NO2S/c1-4-16-13-20-19(22(2,3)9-10-26-20)12-17(16)6-8-18-7-5-15(14-23-18)11-21(24)25/h5,7,12-14H,4,9-11H2,1-3H3,(H,24,25). The Morgan fingerprint density at radius 2 is 2.12 bits per heavy atom. The van der Waals surface area contributed by atoms with Gasteiger partial charge in [0, 0.05) is 16.7 Å². The molecule has 0 bridgehead atoms. The van der Waals surface area contributed by atoms with Crippen LogP contribution in [-0.4, -0.2) is 21.8 Å². The summed E-state index contributed by atoms with van der Waals surface area (Å²) in [7, 11) is 0. The topological polar surface area (TPSA) is 50.2 Å². The Hall–Kier alpha value is -2.25. The van der Waals surface area contributed by atoms with E-state index in [0.717, 1.165) is 12.0 Å². The number of rotatable bonds is 3. The number of carboxylic acid groups (broad SMARTS) is 1. The van der Waals surface area contributed by atoms with Gasteiger partial charge in [-0.15, -0.1) is 11.8 Å². The summed E-state index contributed by atoms with van der Waals surface area (Å²) in [6.45, 7) is 6.76. The molecule has 2 aromatic rings. The molecule has 0 amide bonds. The van der Waals surface area contributed by atoms with Crippen LogP contribution >= 0.6 is 11.8 Å². The Labute approximate surface area is 159 Å². The van der Waals surface area contributed by atoms with Gasteiger partial charge in [-0.1, -0.05) is 32.8 Å². The third-order valence-corrected chi connectivity index (χ3v) is 5.86. The van der Waals surface area contributed by atoms with Crippen molar-refractivity contribution < 1.29 is 9.90 Å². The fraction of sp³-hybridized carbons (Fsp3) is 0.364. The SMILES string of the molecule is CCc1cc2c(cc1C#Cc1ccc(CC(=O)O)cn1)C(C)(C)CCS2. The van der Waals surface area contributed by atoms with Crippen molar-refractivity contribution in [3.8, 4) is 11.8 Å². The second-order valence-electron chi connectivity index (χ2n) is 7.21. The smallest absolute Gasteiger partial charge is 0.307 e. The second-order valence-corrected chi connectivity index (χ2v) is 8.35. The quantitative estimate of drug-likeness (QED) is 0.817. The molecule has 0 atom stereocenters. The molecule has 1 aromatic carbocycles. The number of carbonyl (C=O) groups is 1. The van der Waals surface area contributed by atoms with Gasteiger partial charge in [0.05, 0.1) is 6.42 Å². The number of aliphatic carboxylic acids is 1. The lowest BCUT2D eigenvalue weighted by Gasteiger charge is -2.32. The molecule has 0 saturated carbocycles. The monoisotopic (exact) mass is 365 g/mol. The van der Waals surface area contributed by atoms with Crippen molar-refractivity contribution in [3.05, 3.63) is 58.4 Å². The van der Waals surface area contributed by atoms with E-state index in [-0.39, 0.29) is 11.8 Å². The van der Waals surface area contributed by atoms with Crippen molar-refractivity contribution in [2.75, 3.05) is 5.75 Å². The summed E-state index contributed by atoms with van der Waals surface area (Å²) in [5, 5.41) is 8.83. The molecule has 26 heavy (non-hydrogen) atoms. The van der Waals surface area contributed by atoms with Gasteiger partial charge < -0.3 is 5.11 Å². The Balaban J connectivity index is 1.93. The predicted octanol–water partition coefficient (Wildman–Crippen LogP) is 4.44. The molecule has 2 heterocycles. The highest BCUT2D eigenvalue weighted by atomic mass is 32.2. The number of hydrogen-bond acceptors (Lipinski definition) is 3. The molecule has 1 N–H and O–H groups in total. The van der Waals surface area contributed by atoms with Crippen molar-refractivity contribution in [2.45, 2.75) is 50.3 Å². The van der Waals surface area contributed by atoms with Crippen molar-refractivity contribution in [1.29, 1.82) is 0 Å². The van der Waals surface area contributed by atoms with Crippen LogP contribution in [-0.2, 0) is 23.1 Å². The molecular weight excluding hydrogens is 342 g/mol. The summed E-state index contributed by atoms with van der Waals surface area (Å²) in [5.74, 6) is 6.74. The lowest BCUT2D eigenvalue weighted by atomic mass is 9.80.